The van der Waals surface area contributed by atoms with Gasteiger partial charge in [-0.25, -0.2) is 27.2 Å². The Kier molecular flexibility index (Phi) is 6.08. The number of carbonyl (C=O) groups excluding carboxylic acids is 1. The van der Waals surface area contributed by atoms with Gasteiger partial charge in [-0.3, -0.25) is 4.57 Å². The minimum absolute atomic E-state index is 0.156. The van der Waals surface area contributed by atoms with E-state index in [9.17, 15) is 13.2 Å². The highest BCUT2D eigenvalue weighted by molar-refractivity contribution is 7.89. The molecule has 178 valence electrons. The van der Waals surface area contributed by atoms with Crippen LogP contribution < -0.4 is 0 Å². The molecule has 0 atom stereocenters. The lowest BCUT2D eigenvalue weighted by Gasteiger charge is -2.11. The smallest absolute Gasteiger partial charge is 0.355 e. The van der Waals surface area contributed by atoms with Crippen LogP contribution in [-0.2, 0) is 20.5 Å². The van der Waals surface area contributed by atoms with Gasteiger partial charge in [-0.1, -0.05) is 61.9 Å². The zero-order valence-corrected chi connectivity index (χ0v) is 20.0. The standard InChI is InChI=1S/C26H24N4O4S/c1-2-3-15-34-26(31)23-16-20-11-7-8-12-22(20)30(23)24-17-27-25-21(28-24)13-14-29(25)35(32,33)18-19-9-5-4-6-10-19/h4-14,16-17H,2-3,15,18H2,1H3. The molecule has 2 aromatic carbocycles. The van der Waals surface area contributed by atoms with Crippen molar-refractivity contribution in [1.82, 2.24) is 18.5 Å². The quantitative estimate of drug-likeness (QED) is 0.232. The summed E-state index contributed by atoms with van der Waals surface area (Å²) in [6.07, 6.45) is 4.64. The molecule has 0 N–H and O–H groups in total. The predicted molar refractivity (Wildman–Crippen MR) is 134 cm³/mol. The summed E-state index contributed by atoms with van der Waals surface area (Å²) in [4.78, 5) is 22.0. The molecular weight excluding hydrogens is 464 g/mol. The summed E-state index contributed by atoms with van der Waals surface area (Å²) in [6, 6.07) is 19.9. The number of benzene rings is 2. The predicted octanol–water partition coefficient (Wildman–Crippen LogP) is 4.71. The minimum atomic E-state index is -3.70. The molecule has 0 saturated carbocycles. The van der Waals surface area contributed by atoms with Gasteiger partial charge in [-0.2, -0.15) is 0 Å². The van der Waals surface area contributed by atoms with Crippen LogP contribution in [0.2, 0.25) is 0 Å². The summed E-state index contributed by atoms with van der Waals surface area (Å²) in [6.45, 7) is 2.37. The third-order valence-corrected chi connectivity index (χ3v) is 7.31. The first kappa shape index (κ1) is 22.8. The third kappa shape index (κ3) is 4.42. The largest absolute Gasteiger partial charge is 0.461 e. The fraction of sp³-hybridized carbons (Fsp3) is 0.192. The second kappa shape index (κ2) is 9.34. The summed E-state index contributed by atoms with van der Waals surface area (Å²) in [7, 11) is -3.70. The molecule has 5 rings (SSSR count). The zero-order valence-electron chi connectivity index (χ0n) is 19.2. The second-order valence-corrected chi connectivity index (χ2v) is 10.0. The molecule has 3 heterocycles. The number of nitrogens with zero attached hydrogens (tertiary/aromatic N) is 4. The fourth-order valence-electron chi connectivity index (χ4n) is 4.00. The topological polar surface area (TPSA) is 96.1 Å². The number of rotatable bonds is 8. The molecule has 0 bridgehead atoms. The molecule has 0 radical (unpaired) electrons. The molecule has 0 unspecified atom stereocenters. The van der Waals surface area contributed by atoms with Gasteiger partial charge >= 0.3 is 5.97 Å². The van der Waals surface area contributed by atoms with Crippen LogP contribution in [0, 0.1) is 0 Å². The van der Waals surface area contributed by atoms with E-state index in [1.807, 2.05) is 37.3 Å². The minimum Gasteiger partial charge on any atom is -0.461 e. The van der Waals surface area contributed by atoms with Gasteiger partial charge in [-0.15, -0.1) is 0 Å². The lowest BCUT2D eigenvalue weighted by molar-refractivity contribution is 0.0490. The number of hydrogen-bond acceptors (Lipinski definition) is 6. The molecular formula is C26H24N4O4S. The molecule has 0 aliphatic carbocycles. The Morgan fingerprint density at radius 1 is 1.03 bits per heavy atom. The number of aromatic nitrogens is 4. The van der Waals surface area contributed by atoms with Gasteiger partial charge in [-0.05, 0) is 30.2 Å². The normalized spacial score (nSPS) is 11.8. The SMILES string of the molecule is CCCCOC(=O)c1cc2ccccc2n1-c1cnc2c(ccn2S(=O)(=O)Cc2ccccc2)n1. The molecule has 8 nitrogen and oxygen atoms in total. The van der Waals surface area contributed by atoms with Crippen LogP contribution >= 0.6 is 0 Å². The van der Waals surface area contributed by atoms with Crippen LogP contribution in [0.5, 0.6) is 0 Å². The highest BCUT2D eigenvalue weighted by Gasteiger charge is 2.22. The van der Waals surface area contributed by atoms with Crippen molar-refractivity contribution in [3.63, 3.8) is 0 Å². The monoisotopic (exact) mass is 488 g/mol. The van der Waals surface area contributed by atoms with Gasteiger partial charge in [0.25, 0.3) is 0 Å². The van der Waals surface area contributed by atoms with Crippen LogP contribution in [0.25, 0.3) is 27.9 Å². The molecule has 0 aliphatic rings. The average molecular weight is 489 g/mol. The van der Waals surface area contributed by atoms with Crippen molar-refractivity contribution >= 4 is 38.1 Å². The van der Waals surface area contributed by atoms with E-state index in [2.05, 4.69) is 9.97 Å². The Hall–Kier alpha value is -3.98. The van der Waals surface area contributed by atoms with Crippen LogP contribution in [0.3, 0.4) is 0 Å². The summed E-state index contributed by atoms with van der Waals surface area (Å²) in [5.41, 5.74) is 2.44. The Morgan fingerprint density at radius 3 is 2.60 bits per heavy atom. The van der Waals surface area contributed by atoms with Gasteiger partial charge in [0.2, 0.25) is 10.0 Å². The lowest BCUT2D eigenvalue weighted by Crippen LogP contribution is -2.15. The fourth-order valence-corrected chi connectivity index (χ4v) is 5.40. The van der Waals surface area contributed by atoms with Gasteiger partial charge in [0.05, 0.1) is 24.1 Å². The van der Waals surface area contributed by atoms with E-state index < -0.39 is 16.0 Å². The van der Waals surface area contributed by atoms with Crippen LogP contribution in [0.4, 0.5) is 0 Å². The highest BCUT2D eigenvalue weighted by Crippen LogP contribution is 2.26. The number of para-hydroxylation sites is 1. The lowest BCUT2D eigenvalue weighted by atomic mass is 10.2. The Bertz CT molecular complexity index is 1620. The molecule has 0 aliphatic heterocycles. The number of fused-ring (bicyclic) bond motifs is 2. The Balaban J connectivity index is 1.56. The van der Waals surface area contributed by atoms with Crippen LogP contribution in [0.1, 0.15) is 35.8 Å². The molecule has 5 aromatic rings. The van der Waals surface area contributed by atoms with Gasteiger partial charge in [0.1, 0.15) is 11.2 Å². The van der Waals surface area contributed by atoms with Gasteiger partial charge in [0.15, 0.2) is 11.5 Å². The van der Waals surface area contributed by atoms with E-state index >= 15 is 0 Å². The Morgan fingerprint density at radius 2 is 1.80 bits per heavy atom. The van der Waals surface area contributed by atoms with Crippen LogP contribution in [0.15, 0.2) is 79.1 Å². The van der Waals surface area contributed by atoms with E-state index in [1.165, 1.54) is 12.4 Å². The Labute approximate surface area is 202 Å². The maximum Gasteiger partial charge on any atom is 0.355 e. The number of unbranched alkanes of at least 4 members (excludes halogenated alkanes) is 1. The van der Waals surface area contributed by atoms with Crippen molar-refractivity contribution in [2.75, 3.05) is 6.61 Å². The molecule has 9 heteroatoms. The third-order valence-electron chi connectivity index (χ3n) is 5.71. The number of ether oxygens (including phenoxy) is 1. The van der Waals surface area contributed by atoms with Gasteiger partial charge < -0.3 is 4.74 Å². The highest BCUT2D eigenvalue weighted by atomic mass is 32.2. The first-order chi connectivity index (χ1) is 17.0. The summed E-state index contributed by atoms with van der Waals surface area (Å²) in [5, 5.41) is 0.861. The second-order valence-electron chi connectivity index (χ2n) is 8.20. The molecule has 0 amide bonds. The number of esters is 1. The zero-order chi connectivity index (χ0) is 24.4. The molecule has 0 saturated heterocycles. The first-order valence-corrected chi connectivity index (χ1v) is 13.0. The van der Waals surface area contributed by atoms with Gasteiger partial charge in [0, 0.05) is 11.6 Å². The summed E-state index contributed by atoms with van der Waals surface area (Å²) in [5.74, 6) is -0.198. The van der Waals surface area contributed by atoms with E-state index in [1.54, 1.807) is 41.0 Å². The molecule has 0 fully saturated rings. The number of carbonyl (C=O) groups is 1. The maximum atomic E-state index is 13.1. The first-order valence-electron chi connectivity index (χ1n) is 11.4. The maximum absolute atomic E-state index is 13.1. The van der Waals surface area contributed by atoms with Crippen molar-refractivity contribution < 1.29 is 17.9 Å². The van der Waals surface area contributed by atoms with E-state index in [0.29, 0.717) is 29.2 Å². The molecule has 0 spiro atoms. The van der Waals surface area contributed by atoms with Crippen molar-refractivity contribution in [2.45, 2.75) is 25.5 Å². The van der Waals surface area contributed by atoms with Crippen LogP contribution in [-0.4, -0.2) is 39.5 Å². The van der Waals surface area contributed by atoms with E-state index in [0.717, 1.165) is 27.7 Å². The average Bonchev–Trinajstić information content (AvgIpc) is 3.46. The van der Waals surface area contributed by atoms with E-state index in [-0.39, 0.29) is 11.4 Å². The van der Waals surface area contributed by atoms with Crippen molar-refractivity contribution in [3.8, 4) is 5.82 Å². The summed E-state index contributed by atoms with van der Waals surface area (Å²) >= 11 is 0. The van der Waals surface area contributed by atoms with E-state index in [4.69, 9.17) is 4.74 Å². The molecule has 35 heavy (non-hydrogen) atoms. The summed E-state index contributed by atoms with van der Waals surface area (Å²) < 4.78 is 34.4. The van der Waals surface area contributed by atoms with Crippen molar-refractivity contribution in [3.05, 3.63) is 90.4 Å². The molecule has 3 aromatic heterocycles. The van der Waals surface area contributed by atoms with Crippen molar-refractivity contribution in [1.29, 1.82) is 0 Å². The number of hydrogen-bond donors (Lipinski definition) is 0. The van der Waals surface area contributed by atoms with Crippen molar-refractivity contribution in [2.24, 2.45) is 0 Å².